The van der Waals surface area contributed by atoms with Crippen LogP contribution in [0.4, 0.5) is 4.39 Å². The van der Waals surface area contributed by atoms with Crippen LogP contribution in [0.25, 0.3) is 0 Å². The molecule has 1 aliphatic rings. The van der Waals surface area contributed by atoms with Crippen molar-refractivity contribution < 1.29 is 13.9 Å². The van der Waals surface area contributed by atoms with Crippen LogP contribution in [0.2, 0.25) is 0 Å². The number of likely N-dealkylation sites (tertiary alicyclic amines) is 1. The van der Waals surface area contributed by atoms with E-state index >= 15 is 0 Å². The van der Waals surface area contributed by atoms with Gasteiger partial charge in [-0.15, -0.1) is 0 Å². The lowest BCUT2D eigenvalue weighted by Gasteiger charge is -2.28. The van der Waals surface area contributed by atoms with E-state index in [4.69, 9.17) is 10.00 Å². The van der Waals surface area contributed by atoms with E-state index in [0.717, 1.165) is 18.4 Å². The highest BCUT2D eigenvalue weighted by Gasteiger charge is 2.33. The summed E-state index contributed by atoms with van der Waals surface area (Å²) in [6, 6.07) is 15.0. The fourth-order valence-corrected chi connectivity index (χ4v) is 3.16. The lowest BCUT2D eigenvalue weighted by molar-refractivity contribution is -0.138. The number of hydrogen-bond donors (Lipinski definition) is 0. The van der Waals surface area contributed by atoms with Crippen LogP contribution in [0.1, 0.15) is 36.9 Å². The molecule has 25 heavy (non-hydrogen) atoms. The quantitative estimate of drug-likeness (QED) is 0.851. The van der Waals surface area contributed by atoms with E-state index in [2.05, 4.69) is 0 Å². The van der Waals surface area contributed by atoms with Crippen LogP contribution < -0.4 is 4.74 Å². The Balaban J connectivity index is 1.69. The molecule has 0 N–H and O–H groups in total. The molecule has 1 heterocycles. The lowest BCUT2D eigenvalue weighted by Crippen LogP contribution is -2.40. The molecule has 2 aromatic carbocycles. The number of carbonyl (C=O) groups is 1. The van der Waals surface area contributed by atoms with Gasteiger partial charge in [-0.25, -0.2) is 4.39 Å². The topological polar surface area (TPSA) is 53.3 Å². The molecule has 0 aliphatic carbocycles. The molecule has 0 radical (unpaired) electrons. The predicted molar refractivity (Wildman–Crippen MR) is 91.3 cm³/mol. The number of carbonyl (C=O) groups excluding carboxylic acids is 1. The molecular weight excluding hydrogens is 319 g/mol. The highest BCUT2D eigenvalue weighted by molar-refractivity contribution is 5.81. The summed E-state index contributed by atoms with van der Waals surface area (Å²) < 4.78 is 18.9. The Hall–Kier alpha value is -2.87. The maximum absolute atomic E-state index is 13.1. The van der Waals surface area contributed by atoms with E-state index in [1.807, 2.05) is 11.0 Å². The Labute approximate surface area is 146 Å². The molecule has 1 saturated heterocycles. The average molecular weight is 338 g/mol. The van der Waals surface area contributed by atoms with Gasteiger partial charge < -0.3 is 9.64 Å². The van der Waals surface area contributed by atoms with Crippen molar-refractivity contribution in [2.24, 2.45) is 0 Å². The highest BCUT2D eigenvalue weighted by Crippen LogP contribution is 2.32. The van der Waals surface area contributed by atoms with Gasteiger partial charge in [-0.2, -0.15) is 5.26 Å². The van der Waals surface area contributed by atoms with Crippen LogP contribution in [0, 0.1) is 17.1 Å². The lowest BCUT2D eigenvalue weighted by atomic mass is 10.0. The number of halogens is 1. The van der Waals surface area contributed by atoms with Crippen LogP contribution in [0.5, 0.6) is 5.75 Å². The molecule has 3 rings (SSSR count). The van der Waals surface area contributed by atoms with E-state index in [-0.39, 0.29) is 17.8 Å². The summed E-state index contributed by atoms with van der Waals surface area (Å²) in [7, 11) is 0. The third-order valence-corrected chi connectivity index (χ3v) is 4.43. The second-order valence-electron chi connectivity index (χ2n) is 6.14. The molecular formula is C20H19FN2O2. The summed E-state index contributed by atoms with van der Waals surface area (Å²) in [5.74, 6) is 0.186. The minimum atomic E-state index is -0.631. The van der Waals surface area contributed by atoms with Crippen molar-refractivity contribution in [2.75, 3.05) is 6.54 Å². The minimum Gasteiger partial charge on any atom is -0.481 e. The molecule has 2 aromatic rings. The van der Waals surface area contributed by atoms with E-state index in [1.165, 1.54) is 12.1 Å². The first kappa shape index (κ1) is 17.0. The molecule has 0 spiro atoms. The first-order valence-corrected chi connectivity index (χ1v) is 8.31. The van der Waals surface area contributed by atoms with E-state index < -0.39 is 6.10 Å². The molecule has 1 aliphatic heterocycles. The van der Waals surface area contributed by atoms with E-state index in [0.29, 0.717) is 17.9 Å². The summed E-state index contributed by atoms with van der Waals surface area (Å²) in [5.41, 5.74) is 1.49. The zero-order valence-corrected chi connectivity index (χ0v) is 14.0. The number of hydrogen-bond acceptors (Lipinski definition) is 3. The molecule has 2 unspecified atom stereocenters. The number of nitriles is 1. The van der Waals surface area contributed by atoms with E-state index in [1.54, 1.807) is 43.3 Å². The number of benzene rings is 2. The van der Waals surface area contributed by atoms with Crippen molar-refractivity contribution >= 4 is 5.91 Å². The Morgan fingerprint density at radius 1 is 1.24 bits per heavy atom. The van der Waals surface area contributed by atoms with Crippen molar-refractivity contribution in [1.29, 1.82) is 5.26 Å². The normalized spacial score (nSPS) is 17.8. The summed E-state index contributed by atoms with van der Waals surface area (Å²) in [5, 5.41) is 8.82. The standard InChI is InChI=1S/C20H19FN2O2/c1-14(25-18-10-4-15(13-22)5-11-18)20(24)23-12-2-3-19(23)16-6-8-17(21)9-7-16/h4-11,14,19H,2-3,12H2,1H3. The third-order valence-electron chi connectivity index (χ3n) is 4.43. The van der Waals surface area contributed by atoms with Crippen molar-refractivity contribution in [3.63, 3.8) is 0 Å². The van der Waals surface area contributed by atoms with Crippen LogP contribution >= 0.6 is 0 Å². The van der Waals surface area contributed by atoms with Gasteiger partial charge in [0, 0.05) is 6.54 Å². The number of amides is 1. The molecule has 5 heteroatoms. The SMILES string of the molecule is CC(Oc1ccc(C#N)cc1)C(=O)N1CCCC1c1ccc(F)cc1. The van der Waals surface area contributed by atoms with Gasteiger partial charge in [-0.3, -0.25) is 4.79 Å². The van der Waals surface area contributed by atoms with Gasteiger partial charge in [0.25, 0.3) is 5.91 Å². The van der Waals surface area contributed by atoms with Crippen molar-refractivity contribution in [3.05, 3.63) is 65.5 Å². The van der Waals surface area contributed by atoms with Crippen LogP contribution in [0.3, 0.4) is 0 Å². The van der Waals surface area contributed by atoms with Gasteiger partial charge in [0.15, 0.2) is 6.10 Å². The van der Waals surface area contributed by atoms with Gasteiger partial charge >= 0.3 is 0 Å². The summed E-state index contributed by atoms with van der Waals surface area (Å²) >= 11 is 0. The largest absolute Gasteiger partial charge is 0.481 e. The van der Waals surface area contributed by atoms with Crippen molar-refractivity contribution in [1.82, 2.24) is 4.90 Å². The average Bonchev–Trinajstić information content (AvgIpc) is 3.12. The van der Waals surface area contributed by atoms with Crippen LogP contribution in [-0.4, -0.2) is 23.5 Å². The molecule has 128 valence electrons. The van der Waals surface area contributed by atoms with Gasteiger partial charge in [0.05, 0.1) is 17.7 Å². The van der Waals surface area contributed by atoms with Crippen LogP contribution in [-0.2, 0) is 4.79 Å². The Morgan fingerprint density at radius 3 is 2.56 bits per heavy atom. The van der Waals surface area contributed by atoms with Crippen molar-refractivity contribution in [2.45, 2.75) is 31.9 Å². The summed E-state index contributed by atoms with van der Waals surface area (Å²) in [6.45, 7) is 2.39. The summed E-state index contributed by atoms with van der Waals surface area (Å²) in [4.78, 5) is 14.6. The second-order valence-corrected chi connectivity index (χ2v) is 6.14. The highest BCUT2D eigenvalue weighted by atomic mass is 19.1. The fraction of sp³-hybridized carbons (Fsp3) is 0.300. The van der Waals surface area contributed by atoms with Gasteiger partial charge in [0.1, 0.15) is 11.6 Å². The Kier molecular flexibility index (Phi) is 4.99. The Bertz CT molecular complexity index is 781. The minimum absolute atomic E-state index is 0.0416. The monoisotopic (exact) mass is 338 g/mol. The van der Waals surface area contributed by atoms with Crippen LogP contribution in [0.15, 0.2) is 48.5 Å². The molecule has 4 nitrogen and oxygen atoms in total. The van der Waals surface area contributed by atoms with Gasteiger partial charge in [0.2, 0.25) is 0 Å². The van der Waals surface area contributed by atoms with Gasteiger partial charge in [-0.1, -0.05) is 12.1 Å². The molecule has 0 aromatic heterocycles. The van der Waals surface area contributed by atoms with E-state index in [9.17, 15) is 9.18 Å². The number of rotatable bonds is 4. The maximum atomic E-state index is 13.1. The predicted octanol–water partition coefficient (Wildman–Crippen LogP) is 3.83. The first-order chi connectivity index (χ1) is 12.1. The molecule has 2 atom stereocenters. The number of nitrogens with zero attached hydrogens (tertiary/aromatic N) is 2. The van der Waals surface area contributed by atoms with Gasteiger partial charge in [-0.05, 0) is 61.7 Å². The Morgan fingerprint density at radius 2 is 1.92 bits per heavy atom. The third kappa shape index (κ3) is 3.80. The second kappa shape index (κ2) is 7.35. The molecule has 0 saturated carbocycles. The molecule has 0 bridgehead atoms. The zero-order chi connectivity index (χ0) is 17.8. The fourth-order valence-electron chi connectivity index (χ4n) is 3.16. The zero-order valence-electron chi connectivity index (χ0n) is 14.0. The number of ether oxygens (including phenoxy) is 1. The molecule has 1 amide bonds. The van der Waals surface area contributed by atoms with Crippen molar-refractivity contribution in [3.8, 4) is 11.8 Å². The first-order valence-electron chi connectivity index (χ1n) is 8.31. The molecule has 1 fully saturated rings. The smallest absolute Gasteiger partial charge is 0.263 e. The maximum Gasteiger partial charge on any atom is 0.263 e. The summed E-state index contributed by atoms with van der Waals surface area (Å²) in [6.07, 6.45) is 1.15.